The van der Waals surface area contributed by atoms with E-state index in [9.17, 15) is 8.42 Å². The molecule has 1 aromatic heterocycles. The van der Waals surface area contributed by atoms with Crippen LogP contribution in [0.1, 0.15) is 11.1 Å². The minimum absolute atomic E-state index is 0.0905. The standard InChI is InChI=1S/C22H17N3O4S2/c1-28-18-8-6-17(7-9-18)25-31(26,27)19-10-11-21-20(12-19)24-22(29-21)30-14-16-4-2-15(13-23)3-5-16/h2-12,25H,14H2,1H3. The number of hydrogen-bond donors (Lipinski definition) is 1. The van der Waals surface area contributed by atoms with Gasteiger partial charge in [-0.05, 0) is 60.2 Å². The van der Waals surface area contributed by atoms with E-state index >= 15 is 0 Å². The van der Waals surface area contributed by atoms with Crippen LogP contribution in [0.25, 0.3) is 11.1 Å². The molecule has 0 aliphatic heterocycles. The summed E-state index contributed by atoms with van der Waals surface area (Å²) in [5.74, 6) is 1.25. The first kappa shape index (κ1) is 20.8. The highest BCUT2D eigenvalue weighted by molar-refractivity contribution is 7.98. The van der Waals surface area contributed by atoms with Gasteiger partial charge >= 0.3 is 0 Å². The summed E-state index contributed by atoms with van der Waals surface area (Å²) in [6.45, 7) is 0. The molecular weight excluding hydrogens is 434 g/mol. The molecule has 4 rings (SSSR count). The number of benzene rings is 3. The normalized spacial score (nSPS) is 11.2. The first-order chi connectivity index (χ1) is 15.0. The summed E-state index contributed by atoms with van der Waals surface area (Å²) in [4.78, 5) is 4.49. The Balaban J connectivity index is 1.50. The van der Waals surface area contributed by atoms with Crippen LogP contribution in [0, 0.1) is 11.3 Å². The molecule has 1 heterocycles. The van der Waals surface area contributed by atoms with Crippen molar-refractivity contribution in [2.45, 2.75) is 15.9 Å². The Kier molecular flexibility index (Phi) is 5.84. The Hall–Kier alpha value is -3.48. The molecule has 156 valence electrons. The summed E-state index contributed by atoms with van der Waals surface area (Å²) >= 11 is 1.39. The average Bonchev–Trinajstić information content (AvgIpc) is 3.20. The van der Waals surface area contributed by atoms with Gasteiger partial charge in [0.15, 0.2) is 5.58 Å². The van der Waals surface area contributed by atoms with Gasteiger partial charge in [0.2, 0.25) is 0 Å². The SMILES string of the molecule is COc1ccc(NS(=O)(=O)c2ccc3oc(SCc4ccc(C#N)cc4)nc3c2)cc1. The molecule has 0 amide bonds. The Bertz CT molecular complexity index is 1360. The number of ether oxygens (including phenoxy) is 1. The molecule has 3 aromatic carbocycles. The van der Waals surface area contributed by atoms with E-state index in [1.807, 2.05) is 12.1 Å². The van der Waals surface area contributed by atoms with E-state index in [0.717, 1.165) is 5.56 Å². The molecule has 0 aliphatic carbocycles. The topological polar surface area (TPSA) is 105 Å². The zero-order valence-corrected chi connectivity index (χ0v) is 18.0. The summed E-state index contributed by atoms with van der Waals surface area (Å²) in [6, 6.07) is 20.5. The largest absolute Gasteiger partial charge is 0.497 e. The maximum Gasteiger partial charge on any atom is 0.261 e. The minimum atomic E-state index is -3.78. The second kappa shape index (κ2) is 8.71. The maximum absolute atomic E-state index is 12.7. The number of methoxy groups -OCH3 is 1. The van der Waals surface area contributed by atoms with Crippen LogP contribution in [0.5, 0.6) is 5.75 Å². The molecule has 0 radical (unpaired) electrons. The van der Waals surface area contributed by atoms with Gasteiger partial charge in [-0.15, -0.1) is 0 Å². The van der Waals surface area contributed by atoms with Crippen molar-refractivity contribution in [1.82, 2.24) is 4.98 Å². The molecule has 9 heteroatoms. The van der Waals surface area contributed by atoms with Gasteiger partial charge in [-0.1, -0.05) is 23.9 Å². The van der Waals surface area contributed by atoms with Crippen molar-refractivity contribution in [3.05, 3.63) is 77.9 Å². The first-order valence-corrected chi connectivity index (χ1v) is 11.6. The monoisotopic (exact) mass is 451 g/mol. The summed E-state index contributed by atoms with van der Waals surface area (Å²) in [5, 5.41) is 9.31. The fourth-order valence-electron chi connectivity index (χ4n) is 2.81. The number of oxazole rings is 1. The van der Waals surface area contributed by atoms with Crippen LogP contribution in [-0.4, -0.2) is 20.5 Å². The van der Waals surface area contributed by atoms with E-state index in [2.05, 4.69) is 15.8 Å². The highest BCUT2D eigenvalue weighted by atomic mass is 32.2. The highest BCUT2D eigenvalue weighted by Gasteiger charge is 2.17. The maximum atomic E-state index is 12.7. The molecule has 7 nitrogen and oxygen atoms in total. The van der Waals surface area contributed by atoms with E-state index in [1.165, 1.54) is 23.9 Å². The second-order valence-electron chi connectivity index (χ2n) is 6.54. The van der Waals surface area contributed by atoms with Crippen molar-refractivity contribution in [2.75, 3.05) is 11.8 Å². The van der Waals surface area contributed by atoms with Gasteiger partial charge in [0.25, 0.3) is 15.2 Å². The molecular formula is C22H17N3O4S2. The predicted molar refractivity (Wildman–Crippen MR) is 119 cm³/mol. The minimum Gasteiger partial charge on any atom is -0.497 e. The third-order valence-corrected chi connectivity index (χ3v) is 6.72. The molecule has 0 atom stereocenters. The fourth-order valence-corrected chi connectivity index (χ4v) is 4.68. The first-order valence-electron chi connectivity index (χ1n) is 9.16. The van der Waals surface area contributed by atoms with Gasteiger partial charge in [0.1, 0.15) is 11.3 Å². The van der Waals surface area contributed by atoms with Gasteiger partial charge < -0.3 is 9.15 Å². The Labute approximate surface area is 183 Å². The van der Waals surface area contributed by atoms with Gasteiger partial charge in [-0.3, -0.25) is 4.72 Å². The van der Waals surface area contributed by atoms with Crippen molar-refractivity contribution in [2.24, 2.45) is 0 Å². The lowest BCUT2D eigenvalue weighted by molar-refractivity contribution is 0.415. The number of fused-ring (bicyclic) bond motifs is 1. The zero-order chi connectivity index (χ0) is 21.8. The van der Waals surface area contributed by atoms with E-state index < -0.39 is 10.0 Å². The second-order valence-corrected chi connectivity index (χ2v) is 9.15. The van der Waals surface area contributed by atoms with Crippen LogP contribution in [0.4, 0.5) is 5.69 Å². The van der Waals surface area contributed by atoms with Crippen LogP contribution in [0.3, 0.4) is 0 Å². The lowest BCUT2D eigenvalue weighted by atomic mass is 10.2. The summed E-state index contributed by atoms with van der Waals surface area (Å²) in [5.41, 5.74) is 3.02. The molecule has 1 N–H and O–H groups in total. The number of thioether (sulfide) groups is 1. The molecule has 0 aliphatic rings. The number of nitrogens with zero attached hydrogens (tertiary/aromatic N) is 2. The van der Waals surface area contributed by atoms with E-state index in [0.29, 0.717) is 39.1 Å². The van der Waals surface area contributed by atoms with Crippen LogP contribution >= 0.6 is 11.8 Å². The number of aromatic nitrogens is 1. The molecule has 31 heavy (non-hydrogen) atoms. The quantitative estimate of drug-likeness (QED) is 0.402. The van der Waals surface area contributed by atoms with Gasteiger partial charge in [0.05, 0.1) is 23.6 Å². The van der Waals surface area contributed by atoms with E-state index in [1.54, 1.807) is 49.6 Å². The van der Waals surface area contributed by atoms with E-state index in [4.69, 9.17) is 14.4 Å². The van der Waals surface area contributed by atoms with Gasteiger partial charge in [-0.25, -0.2) is 13.4 Å². The van der Waals surface area contributed by atoms with Crippen LogP contribution in [0.15, 0.2) is 81.3 Å². The molecule has 0 saturated carbocycles. The summed E-state index contributed by atoms with van der Waals surface area (Å²) in [7, 11) is -2.24. The van der Waals surface area contributed by atoms with Crippen molar-refractivity contribution in [3.63, 3.8) is 0 Å². The van der Waals surface area contributed by atoms with Gasteiger partial charge in [-0.2, -0.15) is 5.26 Å². The lowest BCUT2D eigenvalue weighted by Crippen LogP contribution is -2.12. The van der Waals surface area contributed by atoms with Crippen molar-refractivity contribution < 1.29 is 17.6 Å². The van der Waals surface area contributed by atoms with Crippen molar-refractivity contribution in [1.29, 1.82) is 5.26 Å². The summed E-state index contributed by atoms with van der Waals surface area (Å²) < 4.78 is 38.8. The van der Waals surface area contributed by atoms with Crippen LogP contribution < -0.4 is 9.46 Å². The Morgan fingerprint density at radius 2 is 1.84 bits per heavy atom. The van der Waals surface area contributed by atoms with E-state index in [-0.39, 0.29) is 4.90 Å². The third-order valence-electron chi connectivity index (χ3n) is 4.44. The average molecular weight is 452 g/mol. The zero-order valence-electron chi connectivity index (χ0n) is 16.4. The number of rotatable bonds is 7. The highest BCUT2D eigenvalue weighted by Crippen LogP contribution is 2.28. The fraction of sp³-hybridized carbons (Fsp3) is 0.0909. The number of nitrogens with one attached hydrogen (secondary N) is 1. The molecule has 0 fully saturated rings. The Morgan fingerprint density at radius 1 is 1.10 bits per heavy atom. The molecule has 4 aromatic rings. The lowest BCUT2D eigenvalue weighted by Gasteiger charge is -2.08. The molecule has 0 spiro atoms. The summed E-state index contributed by atoms with van der Waals surface area (Å²) in [6.07, 6.45) is 0. The predicted octanol–water partition coefficient (Wildman–Crippen LogP) is 4.80. The number of sulfonamides is 1. The molecule has 0 unspecified atom stereocenters. The molecule has 0 bridgehead atoms. The smallest absolute Gasteiger partial charge is 0.261 e. The third kappa shape index (κ3) is 4.82. The number of nitriles is 1. The van der Waals surface area contributed by atoms with Crippen LogP contribution in [0.2, 0.25) is 0 Å². The number of hydrogen-bond acceptors (Lipinski definition) is 7. The van der Waals surface area contributed by atoms with Gasteiger partial charge in [0, 0.05) is 11.4 Å². The van der Waals surface area contributed by atoms with Crippen LogP contribution in [-0.2, 0) is 15.8 Å². The molecule has 0 saturated heterocycles. The van der Waals surface area contributed by atoms with Crippen molar-refractivity contribution in [3.8, 4) is 11.8 Å². The van der Waals surface area contributed by atoms with Crippen molar-refractivity contribution >= 4 is 38.6 Å². The number of anilines is 1. The Morgan fingerprint density at radius 3 is 2.52 bits per heavy atom.